The lowest BCUT2D eigenvalue weighted by Gasteiger charge is -2.34. The Balaban J connectivity index is 1.70. The first kappa shape index (κ1) is 21.3. The van der Waals surface area contributed by atoms with Crippen LogP contribution in [-0.2, 0) is 9.84 Å². The third kappa shape index (κ3) is 3.70. The van der Waals surface area contributed by atoms with Crippen LogP contribution in [0.1, 0.15) is 16.5 Å². The Morgan fingerprint density at radius 1 is 1.26 bits per heavy atom. The summed E-state index contributed by atoms with van der Waals surface area (Å²) >= 11 is 10.5. The fourth-order valence-corrected chi connectivity index (χ4v) is 7.27. The van der Waals surface area contributed by atoms with Gasteiger partial charge in [0.25, 0.3) is 0 Å². The third-order valence-electron chi connectivity index (χ3n) is 5.42. The molecule has 5 rings (SSSR count). The third-order valence-corrected chi connectivity index (χ3v) is 9.36. The molecule has 0 saturated carbocycles. The maximum Gasteiger partial charge on any atom is 0.225 e. The van der Waals surface area contributed by atoms with Crippen molar-refractivity contribution in [3.63, 3.8) is 0 Å². The van der Waals surface area contributed by atoms with Gasteiger partial charge in [0.2, 0.25) is 9.84 Å². The molecule has 1 aliphatic heterocycles. The molecule has 0 aliphatic carbocycles. The average molecular weight is 585 g/mol. The number of likely N-dealkylation sites (N-methyl/N-ethyl adjacent to an activating group) is 1. The highest BCUT2D eigenvalue weighted by atomic mass is 127. The Labute approximate surface area is 202 Å². The number of aromatic amines is 1. The number of halogens is 2. The largest absolute Gasteiger partial charge is 0.335 e. The molecule has 4 heterocycles. The molecule has 1 saturated heterocycles. The van der Waals surface area contributed by atoms with E-state index in [0.29, 0.717) is 17.1 Å². The average Bonchev–Trinajstić information content (AvgIpc) is 3.31. The van der Waals surface area contributed by atoms with Gasteiger partial charge in [-0.05, 0) is 54.8 Å². The van der Waals surface area contributed by atoms with Gasteiger partial charge in [-0.25, -0.2) is 18.4 Å². The molecule has 0 radical (unpaired) electrons. The molecule has 1 N–H and O–H groups in total. The Morgan fingerprint density at radius 3 is 2.65 bits per heavy atom. The number of rotatable bonds is 4. The maximum atomic E-state index is 13.4. The Morgan fingerprint density at radius 2 is 1.97 bits per heavy atom. The summed E-state index contributed by atoms with van der Waals surface area (Å²) in [6, 6.07) is 8.64. The molecule has 0 atom stereocenters. The van der Waals surface area contributed by atoms with Gasteiger partial charge in [-0.2, -0.15) is 0 Å². The van der Waals surface area contributed by atoms with Crippen molar-refractivity contribution in [2.45, 2.75) is 22.8 Å². The van der Waals surface area contributed by atoms with Gasteiger partial charge in [0.05, 0.1) is 23.5 Å². The van der Waals surface area contributed by atoms with Crippen molar-refractivity contribution in [2.24, 2.45) is 0 Å². The highest BCUT2D eigenvalue weighted by Crippen LogP contribution is 2.43. The standard InChI is InChI=1S/C21H18ClIN4O2S2/c1-11-3-5-13(6-4-11)31(28,29)21-18(22)17(14-7-16(23)25-19(14)26-21)15-8-24-20(30-15)12-9-27(2)10-12/h3-8,12H,9-10H2,1-2H3,(H,25,26). The number of hydrogen-bond acceptors (Lipinski definition) is 6. The van der Waals surface area contributed by atoms with Gasteiger partial charge in [-0.1, -0.05) is 29.3 Å². The first-order valence-electron chi connectivity index (χ1n) is 9.58. The van der Waals surface area contributed by atoms with Crippen molar-refractivity contribution in [3.05, 3.63) is 55.8 Å². The number of thiazole rings is 1. The smallest absolute Gasteiger partial charge is 0.225 e. The van der Waals surface area contributed by atoms with Crippen LogP contribution in [0, 0.1) is 10.6 Å². The van der Waals surface area contributed by atoms with E-state index in [2.05, 4.69) is 49.5 Å². The molecule has 0 bridgehead atoms. The number of nitrogens with one attached hydrogen (secondary N) is 1. The monoisotopic (exact) mass is 584 g/mol. The van der Waals surface area contributed by atoms with E-state index in [-0.39, 0.29) is 14.9 Å². The SMILES string of the molecule is Cc1ccc(S(=O)(=O)c2nc3[nH]c(I)cc3c(-c3cnc(C4CN(C)C4)s3)c2Cl)cc1. The van der Waals surface area contributed by atoms with Crippen LogP contribution in [0.25, 0.3) is 21.5 Å². The van der Waals surface area contributed by atoms with E-state index < -0.39 is 9.84 Å². The number of fused-ring (bicyclic) bond motifs is 1. The molecular weight excluding hydrogens is 567 g/mol. The lowest BCUT2D eigenvalue weighted by atomic mass is 10.0. The van der Waals surface area contributed by atoms with Crippen LogP contribution in [-0.4, -0.2) is 48.4 Å². The zero-order valence-electron chi connectivity index (χ0n) is 16.7. The van der Waals surface area contributed by atoms with Crippen molar-refractivity contribution in [1.29, 1.82) is 0 Å². The molecule has 0 amide bonds. The summed E-state index contributed by atoms with van der Waals surface area (Å²) < 4.78 is 27.7. The zero-order chi connectivity index (χ0) is 21.9. The molecule has 1 fully saturated rings. The van der Waals surface area contributed by atoms with Gasteiger partial charge in [0.1, 0.15) is 5.65 Å². The Hall–Kier alpha value is -1.53. The summed E-state index contributed by atoms with van der Waals surface area (Å²) in [5.74, 6) is 0.405. The minimum absolute atomic E-state index is 0.129. The number of H-pyrrole nitrogens is 1. The predicted molar refractivity (Wildman–Crippen MR) is 132 cm³/mol. The first-order chi connectivity index (χ1) is 14.7. The van der Waals surface area contributed by atoms with Crippen LogP contribution in [0.5, 0.6) is 0 Å². The summed E-state index contributed by atoms with van der Waals surface area (Å²) in [4.78, 5) is 15.5. The Bertz CT molecular complexity index is 1410. The molecule has 10 heteroatoms. The number of aromatic nitrogens is 3. The van der Waals surface area contributed by atoms with Crippen molar-refractivity contribution < 1.29 is 8.42 Å². The number of hydrogen-bond donors (Lipinski definition) is 1. The van der Waals surface area contributed by atoms with E-state index in [9.17, 15) is 8.42 Å². The number of sulfone groups is 1. The van der Waals surface area contributed by atoms with Gasteiger partial charge in [-0.15, -0.1) is 11.3 Å². The summed E-state index contributed by atoms with van der Waals surface area (Å²) in [7, 11) is -1.82. The van der Waals surface area contributed by atoms with E-state index in [1.807, 2.05) is 13.0 Å². The van der Waals surface area contributed by atoms with E-state index >= 15 is 0 Å². The molecule has 6 nitrogen and oxygen atoms in total. The second-order valence-corrected chi connectivity index (χ2v) is 12.3. The minimum atomic E-state index is -3.90. The molecule has 160 valence electrons. The van der Waals surface area contributed by atoms with Gasteiger partial charge in [-0.3, -0.25) is 0 Å². The van der Waals surface area contributed by atoms with Gasteiger partial charge in [0, 0.05) is 36.2 Å². The lowest BCUT2D eigenvalue weighted by molar-refractivity contribution is 0.189. The van der Waals surface area contributed by atoms with Gasteiger partial charge >= 0.3 is 0 Å². The van der Waals surface area contributed by atoms with Crippen molar-refractivity contribution >= 4 is 66.4 Å². The number of likely N-dealkylation sites (tertiary alicyclic amines) is 1. The number of benzene rings is 1. The number of aryl methyl sites for hydroxylation is 1. The van der Waals surface area contributed by atoms with E-state index in [1.54, 1.807) is 41.8 Å². The molecular formula is C21H18ClIN4O2S2. The van der Waals surface area contributed by atoms with Crippen LogP contribution >= 0.6 is 45.5 Å². The topological polar surface area (TPSA) is 79.0 Å². The van der Waals surface area contributed by atoms with Crippen molar-refractivity contribution in [3.8, 4) is 10.4 Å². The van der Waals surface area contributed by atoms with Crippen LogP contribution in [0.3, 0.4) is 0 Å². The minimum Gasteiger partial charge on any atom is -0.335 e. The normalized spacial score (nSPS) is 15.5. The summed E-state index contributed by atoms with van der Waals surface area (Å²) in [6.07, 6.45) is 1.79. The first-order valence-corrected chi connectivity index (χ1v) is 13.3. The van der Waals surface area contributed by atoms with Crippen molar-refractivity contribution in [1.82, 2.24) is 19.9 Å². The maximum absolute atomic E-state index is 13.4. The highest BCUT2D eigenvalue weighted by molar-refractivity contribution is 14.1. The van der Waals surface area contributed by atoms with Crippen LogP contribution in [0.4, 0.5) is 0 Å². The predicted octanol–water partition coefficient (Wildman–Crippen LogP) is 5.11. The van der Waals surface area contributed by atoms with E-state index in [4.69, 9.17) is 11.6 Å². The molecule has 4 aromatic rings. The zero-order valence-corrected chi connectivity index (χ0v) is 21.2. The summed E-state index contributed by atoms with van der Waals surface area (Å²) in [5.41, 5.74) is 2.13. The summed E-state index contributed by atoms with van der Waals surface area (Å²) in [6.45, 7) is 3.86. The van der Waals surface area contributed by atoms with Crippen LogP contribution in [0.15, 0.2) is 46.5 Å². The van der Waals surface area contributed by atoms with Gasteiger partial charge in [0.15, 0.2) is 5.03 Å². The molecule has 3 aromatic heterocycles. The van der Waals surface area contributed by atoms with E-state index in [0.717, 1.165) is 37.6 Å². The van der Waals surface area contributed by atoms with Crippen LogP contribution < -0.4 is 0 Å². The second kappa shape index (κ2) is 7.80. The quantitative estimate of drug-likeness (QED) is 0.337. The number of pyridine rings is 1. The molecule has 1 aliphatic rings. The fourth-order valence-electron chi connectivity index (χ4n) is 3.76. The Kier molecular flexibility index (Phi) is 5.37. The summed E-state index contributed by atoms with van der Waals surface area (Å²) in [5, 5.41) is 1.82. The van der Waals surface area contributed by atoms with Crippen LogP contribution in [0.2, 0.25) is 5.02 Å². The fraction of sp³-hybridized carbons (Fsp3) is 0.238. The number of nitrogens with zero attached hydrogens (tertiary/aromatic N) is 3. The van der Waals surface area contributed by atoms with E-state index in [1.165, 1.54) is 0 Å². The molecule has 0 unspecified atom stereocenters. The lowest BCUT2D eigenvalue weighted by Crippen LogP contribution is -2.41. The highest BCUT2D eigenvalue weighted by Gasteiger charge is 2.31. The molecule has 31 heavy (non-hydrogen) atoms. The molecule has 1 aromatic carbocycles. The van der Waals surface area contributed by atoms with Crippen molar-refractivity contribution in [2.75, 3.05) is 20.1 Å². The second-order valence-electron chi connectivity index (χ2n) is 7.78. The van der Waals surface area contributed by atoms with Gasteiger partial charge < -0.3 is 9.88 Å². The molecule has 0 spiro atoms.